The second-order valence-corrected chi connectivity index (χ2v) is 6.60. The van der Waals surface area contributed by atoms with E-state index in [1.165, 1.54) is 37.7 Å². The highest BCUT2D eigenvalue weighted by Crippen LogP contribution is 2.60. The SMILES string of the molecule is Cn1cc(C2C3CC4CC(C3)CC2C4)c(N)n1. The standard InChI is InChI=1S/C14H21N3/c1-17-7-12(14(15)16-17)13-10-3-8-2-9(5-10)6-11(13)4-8/h7-11,13H,2-6H2,1H3,(H2,15,16). The Labute approximate surface area is 102 Å². The van der Waals surface area contributed by atoms with Gasteiger partial charge in [-0.15, -0.1) is 0 Å². The molecule has 0 atom stereocenters. The lowest BCUT2D eigenvalue weighted by Crippen LogP contribution is -2.43. The number of aromatic nitrogens is 2. The summed E-state index contributed by atoms with van der Waals surface area (Å²) in [6, 6.07) is 0. The van der Waals surface area contributed by atoms with Crippen LogP contribution in [0.5, 0.6) is 0 Å². The first-order chi connectivity index (χ1) is 8.20. The van der Waals surface area contributed by atoms with E-state index >= 15 is 0 Å². The van der Waals surface area contributed by atoms with Crippen LogP contribution in [0, 0.1) is 23.7 Å². The van der Waals surface area contributed by atoms with E-state index in [9.17, 15) is 0 Å². The zero-order valence-corrected chi connectivity index (χ0v) is 10.5. The molecule has 4 aliphatic carbocycles. The number of anilines is 1. The van der Waals surface area contributed by atoms with Gasteiger partial charge in [-0.2, -0.15) is 5.10 Å². The zero-order valence-electron chi connectivity index (χ0n) is 10.5. The monoisotopic (exact) mass is 231 g/mol. The first-order valence-corrected chi connectivity index (χ1v) is 6.99. The van der Waals surface area contributed by atoms with E-state index in [0.717, 1.165) is 35.4 Å². The van der Waals surface area contributed by atoms with Crippen LogP contribution in [0.1, 0.15) is 43.6 Å². The number of nitrogen functional groups attached to an aromatic ring is 1. The average Bonchev–Trinajstić information content (AvgIpc) is 2.56. The number of nitrogens with zero attached hydrogens (tertiary/aromatic N) is 2. The first-order valence-electron chi connectivity index (χ1n) is 6.99. The Morgan fingerprint density at radius 2 is 1.71 bits per heavy atom. The molecule has 3 heteroatoms. The third-order valence-corrected chi connectivity index (χ3v) is 5.47. The largest absolute Gasteiger partial charge is 0.382 e. The highest BCUT2D eigenvalue weighted by molar-refractivity contribution is 5.41. The number of nitrogens with two attached hydrogens (primary N) is 1. The maximum absolute atomic E-state index is 6.09. The van der Waals surface area contributed by atoms with E-state index in [2.05, 4.69) is 11.3 Å². The van der Waals surface area contributed by atoms with Crippen LogP contribution in [0.3, 0.4) is 0 Å². The molecule has 4 fully saturated rings. The van der Waals surface area contributed by atoms with Crippen molar-refractivity contribution >= 4 is 5.82 Å². The van der Waals surface area contributed by atoms with Crippen LogP contribution < -0.4 is 5.73 Å². The Hall–Kier alpha value is -0.990. The molecular weight excluding hydrogens is 210 g/mol. The van der Waals surface area contributed by atoms with Crippen molar-refractivity contribution in [2.45, 2.75) is 38.0 Å². The molecular formula is C14H21N3. The van der Waals surface area contributed by atoms with Crippen LogP contribution in [-0.4, -0.2) is 9.78 Å². The fraction of sp³-hybridized carbons (Fsp3) is 0.786. The van der Waals surface area contributed by atoms with Gasteiger partial charge in [0.2, 0.25) is 0 Å². The summed E-state index contributed by atoms with van der Waals surface area (Å²) in [4.78, 5) is 0. The summed E-state index contributed by atoms with van der Waals surface area (Å²) in [5.74, 6) is 5.37. The third-order valence-electron chi connectivity index (χ3n) is 5.47. The molecule has 1 aromatic rings. The van der Waals surface area contributed by atoms with Gasteiger partial charge < -0.3 is 5.73 Å². The van der Waals surface area contributed by atoms with Gasteiger partial charge in [-0.05, 0) is 61.7 Å². The van der Waals surface area contributed by atoms with Gasteiger partial charge in [-0.25, -0.2) is 0 Å². The molecule has 1 aromatic heterocycles. The molecule has 2 N–H and O–H groups in total. The summed E-state index contributed by atoms with van der Waals surface area (Å²) in [5.41, 5.74) is 7.44. The quantitative estimate of drug-likeness (QED) is 0.807. The van der Waals surface area contributed by atoms with E-state index in [1.807, 2.05) is 11.7 Å². The fourth-order valence-corrected chi connectivity index (χ4v) is 5.21. The topological polar surface area (TPSA) is 43.8 Å². The summed E-state index contributed by atoms with van der Waals surface area (Å²) in [5, 5.41) is 4.34. The Bertz CT molecular complexity index is 420. The summed E-state index contributed by atoms with van der Waals surface area (Å²) in [7, 11) is 1.98. The Morgan fingerprint density at radius 3 is 2.18 bits per heavy atom. The van der Waals surface area contributed by atoms with Crippen molar-refractivity contribution in [1.82, 2.24) is 9.78 Å². The van der Waals surface area contributed by atoms with E-state index in [-0.39, 0.29) is 0 Å². The molecule has 4 aliphatic rings. The maximum Gasteiger partial charge on any atom is 0.148 e. The minimum absolute atomic E-state index is 0.719. The average molecular weight is 231 g/mol. The van der Waals surface area contributed by atoms with Gasteiger partial charge in [0.15, 0.2) is 0 Å². The predicted octanol–water partition coefficient (Wildman–Crippen LogP) is 2.54. The van der Waals surface area contributed by atoms with Crippen molar-refractivity contribution in [3.63, 3.8) is 0 Å². The highest BCUT2D eigenvalue weighted by Gasteiger charge is 2.49. The van der Waals surface area contributed by atoms with Crippen LogP contribution in [0.25, 0.3) is 0 Å². The summed E-state index contributed by atoms with van der Waals surface area (Å²) in [6.07, 6.45) is 9.49. The van der Waals surface area contributed by atoms with Crippen LogP contribution in [0.4, 0.5) is 5.82 Å². The van der Waals surface area contributed by atoms with E-state index < -0.39 is 0 Å². The number of hydrogen-bond acceptors (Lipinski definition) is 2. The lowest BCUT2D eigenvalue weighted by molar-refractivity contribution is -0.00257. The van der Waals surface area contributed by atoms with Gasteiger partial charge in [0.25, 0.3) is 0 Å². The molecule has 3 nitrogen and oxygen atoms in total. The van der Waals surface area contributed by atoms with E-state index in [0.29, 0.717) is 0 Å². The number of hydrogen-bond donors (Lipinski definition) is 1. The highest BCUT2D eigenvalue weighted by atomic mass is 15.3. The maximum atomic E-state index is 6.09. The molecule has 4 bridgehead atoms. The van der Waals surface area contributed by atoms with Crippen molar-refractivity contribution in [2.75, 3.05) is 5.73 Å². The molecule has 0 radical (unpaired) electrons. The van der Waals surface area contributed by atoms with Gasteiger partial charge in [0, 0.05) is 18.8 Å². The van der Waals surface area contributed by atoms with Gasteiger partial charge >= 0.3 is 0 Å². The Kier molecular flexibility index (Phi) is 1.92. The van der Waals surface area contributed by atoms with E-state index in [1.54, 1.807) is 0 Å². The second-order valence-electron chi connectivity index (χ2n) is 6.60. The van der Waals surface area contributed by atoms with Gasteiger partial charge in [0.05, 0.1) is 0 Å². The molecule has 0 spiro atoms. The van der Waals surface area contributed by atoms with Crippen molar-refractivity contribution in [3.8, 4) is 0 Å². The summed E-state index contributed by atoms with van der Waals surface area (Å²) >= 11 is 0. The molecule has 4 saturated carbocycles. The van der Waals surface area contributed by atoms with Crippen LogP contribution in [0.2, 0.25) is 0 Å². The predicted molar refractivity (Wildman–Crippen MR) is 67.4 cm³/mol. The molecule has 0 amide bonds. The molecule has 1 heterocycles. The Morgan fingerprint density at radius 1 is 1.12 bits per heavy atom. The van der Waals surface area contributed by atoms with Crippen molar-refractivity contribution in [2.24, 2.45) is 30.7 Å². The van der Waals surface area contributed by atoms with Crippen LogP contribution >= 0.6 is 0 Å². The molecule has 0 saturated heterocycles. The van der Waals surface area contributed by atoms with E-state index in [4.69, 9.17) is 5.73 Å². The summed E-state index contributed by atoms with van der Waals surface area (Å²) < 4.78 is 1.88. The van der Waals surface area contributed by atoms with Crippen molar-refractivity contribution < 1.29 is 0 Å². The lowest BCUT2D eigenvalue weighted by Gasteiger charge is -2.54. The van der Waals surface area contributed by atoms with Gasteiger partial charge in [-0.3, -0.25) is 4.68 Å². The summed E-state index contributed by atoms with van der Waals surface area (Å²) in [6.45, 7) is 0. The Balaban J connectivity index is 1.72. The molecule has 0 aliphatic heterocycles. The minimum atomic E-state index is 0.719. The minimum Gasteiger partial charge on any atom is -0.382 e. The van der Waals surface area contributed by atoms with Crippen molar-refractivity contribution in [1.29, 1.82) is 0 Å². The molecule has 0 aromatic carbocycles. The smallest absolute Gasteiger partial charge is 0.148 e. The normalized spacial score (nSPS) is 43.2. The number of rotatable bonds is 1. The molecule has 0 unspecified atom stereocenters. The molecule has 92 valence electrons. The third kappa shape index (κ3) is 1.37. The van der Waals surface area contributed by atoms with Gasteiger partial charge in [-0.1, -0.05) is 0 Å². The molecule has 17 heavy (non-hydrogen) atoms. The molecule has 5 rings (SSSR count). The zero-order chi connectivity index (χ0) is 11.6. The van der Waals surface area contributed by atoms with Crippen LogP contribution in [0.15, 0.2) is 6.20 Å². The van der Waals surface area contributed by atoms with Gasteiger partial charge in [0.1, 0.15) is 5.82 Å². The number of aryl methyl sites for hydroxylation is 1. The van der Waals surface area contributed by atoms with Crippen molar-refractivity contribution in [3.05, 3.63) is 11.8 Å². The van der Waals surface area contributed by atoms with Crippen LogP contribution in [-0.2, 0) is 7.05 Å². The first kappa shape index (κ1) is 9.98. The lowest BCUT2D eigenvalue weighted by atomic mass is 9.51. The second kappa shape index (κ2) is 3.27. The fourth-order valence-electron chi connectivity index (χ4n) is 5.21.